The second kappa shape index (κ2) is 9.41. The van der Waals surface area contributed by atoms with E-state index in [1.807, 2.05) is 53.4 Å². The summed E-state index contributed by atoms with van der Waals surface area (Å²) in [5.41, 5.74) is 2.20. The Bertz CT molecular complexity index is 910. The summed E-state index contributed by atoms with van der Waals surface area (Å²) in [6.07, 6.45) is 4.06. The Morgan fingerprint density at radius 1 is 1.03 bits per heavy atom. The van der Waals surface area contributed by atoms with E-state index in [1.165, 1.54) is 0 Å². The number of ether oxygens (including phenoxy) is 2. The van der Waals surface area contributed by atoms with E-state index in [4.69, 9.17) is 9.47 Å². The third-order valence-corrected chi connectivity index (χ3v) is 6.46. The first kappa shape index (κ1) is 21.2. The van der Waals surface area contributed by atoms with Crippen molar-refractivity contribution in [1.82, 2.24) is 10.2 Å². The van der Waals surface area contributed by atoms with Crippen LogP contribution in [0.5, 0.6) is 11.5 Å². The van der Waals surface area contributed by atoms with E-state index in [0.717, 1.165) is 41.9 Å². The highest BCUT2D eigenvalue weighted by molar-refractivity contribution is 5.80. The quantitative estimate of drug-likeness (QED) is 0.772. The Labute approximate surface area is 183 Å². The van der Waals surface area contributed by atoms with Crippen molar-refractivity contribution in [1.29, 1.82) is 0 Å². The van der Waals surface area contributed by atoms with Gasteiger partial charge in [0.05, 0.1) is 32.3 Å². The van der Waals surface area contributed by atoms with Crippen LogP contribution in [0.15, 0.2) is 48.5 Å². The van der Waals surface area contributed by atoms with Crippen molar-refractivity contribution in [2.24, 2.45) is 0 Å². The Balaban J connectivity index is 1.54. The standard InChI is InChI=1S/C25H30N2O4/c1-30-19-11-6-17(7-12-19)8-15-25(29)27-22-4-3-5-24(28)26-21(22)16-23(27)18-9-13-20(31-2)14-10-18/h6-7,9-14,21-23H,3-5,8,15-16H2,1-2H3,(H,26,28)/t21-,22+,23+/m1/s1. The van der Waals surface area contributed by atoms with E-state index in [1.54, 1.807) is 14.2 Å². The molecule has 0 radical (unpaired) electrons. The van der Waals surface area contributed by atoms with Gasteiger partial charge in [-0.2, -0.15) is 0 Å². The highest BCUT2D eigenvalue weighted by Gasteiger charge is 2.45. The molecule has 2 heterocycles. The van der Waals surface area contributed by atoms with Gasteiger partial charge >= 0.3 is 0 Å². The number of likely N-dealkylation sites (tertiary alicyclic amines) is 1. The molecule has 0 aromatic heterocycles. The molecular weight excluding hydrogens is 392 g/mol. The number of benzene rings is 2. The van der Waals surface area contributed by atoms with Gasteiger partial charge in [-0.05, 0) is 61.1 Å². The van der Waals surface area contributed by atoms with Crippen LogP contribution in [-0.4, -0.2) is 43.0 Å². The molecule has 1 N–H and O–H groups in total. The Morgan fingerprint density at radius 2 is 1.68 bits per heavy atom. The molecule has 0 bridgehead atoms. The van der Waals surface area contributed by atoms with Gasteiger partial charge in [0.2, 0.25) is 11.8 Å². The molecule has 2 aliphatic heterocycles. The molecule has 3 atom stereocenters. The van der Waals surface area contributed by atoms with Gasteiger partial charge < -0.3 is 19.7 Å². The fraction of sp³-hybridized carbons (Fsp3) is 0.440. The predicted octanol–water partition coefficient (Wildman–Crippen LogP) is 3.65. The number of fused-ring (bicyclic) bond motifs is 1. The van der Waals surface area contributed by atoms with Gasteiger partial charge in [-0.1, -0.05) is 24.3 Å². The molecule has 2 aromatic carbocycles. The maximum Gasteiger partial charge on any atom is 0.223 e. The Morgan fingerprint density at radius 3 is 2.32 bits per heavy atom. The van der Waals surface area contributed by atoms with Crippen molar-refractivity contribution < 1.29 is 19.1 Å². The molecule has 0 saturated carbocycles. The molecular formula is C25H30N2O4. The average Bonchev–Trinajstić information content (AvgIpc) is 3.05. The largest absolute Gasteiger partial charge is 0.497 e. The molecule has 4 rings (SSSR count). The van der Waals surface area contributed by atoms with Gasteiger partial charge in [0.1, 0.15) is 11.5 Å². The van der Waals surface area contributed by atoms with Gasteiger partial charge in [-0.15, -0.1) is 0 Å². The molecule has 31 heavy (non-hydrogen) atoms. The second-order valence-electron chi connectivity index (χ2n) is 8.31. The second-order valence-corrected chi connectivity index (χ2v) is 8.31. The van der Waals surface area contributed by atoms with Crippen LogP contribution in [0.4, 0.5) is 0 Å². The number of methoxy groups -OCH3 is 2. The zero-order valence-electron chi connectivity index (χ0n) is 18.2. The van der Waals surface area contributed by atoms with Gasteiger partial charge in [0.15, 0.2) is 0 Å². The minimum Gasteiger partial charge on any atom is -0.497 e. The van der Waals surface area contributed by atoms with E-state index in [0.29, 0.717) is 19.3 Å². The molecule has 6 nitrogen and oxygen atoms in total. The SMILES string of the molecule is COc1ccc(CCC(=O)N2[C@H](c3ccc(OC)cc3)C[C@H]3NC(=O)CCC[C@@H]32)cc1. The highest BCUT2D eigenvalue weighted by Crippen LogP contribution is 2.40. The molecule has 164 valence electrons. The van der Waals surface area contributed by atoms with Crippen LogP contribution >= 0.6 is 0 Å². The van der Waals surface area contributed by atoms with E-state index < -0.39 is 0 Å². The fourth-order valence-electron chi connectivity index (χ4n) is 4.84. The Kier molecular flexibility index (Phi) is 6.44. The van der Waals surface area contributed by atoms with Crippen LogP contribution in [0, 0.1) is 0 Å². The van der Waals surface area contributed by atoms with Crippen molar-refractivity contribution in [3.8, 4) is 11.5 Å². The Hall–Kier alpha value is -3.02. The molecule has 2 fully saturated rings. The lowest BCUT2D eigenvalue weighted by Crippen LogP contribution is -2.45. The van der Waals surface area contributed by atoms with Crippen LogP contribution in [-0.2, 0) is 16.0 Å². The summed E-state index contributed by atoms with van der Waals surface area (Å²) in [6, 6.07) is 15.8. The molecule has 2 aliphatic rings. The zero-order valence-corrected chi connectivity index (χ0v) is 18.2. The number of nitrogens with one attached hydrogen (secondary N) is 1. The number of rotatable bonds is 6. The van der Waals surface area contributed by atoms with Crippen molar-refractivity contribution in [2.75, 3.05) is 14.2 Å². The van der Waals surface area contributed by atoms with Gasteiger partial charge in [0.25, 0.3) is 0 Å². The van der Waals surface area contributed by atoms with Crippen molar-refractivity contribution in [2.45, 2.75) is 56.7 Å². The number of hydrogen-bond donors (Lipinski definition) is 1. The number of aryl methyl sites for hydroxylation is 1. The van der Waals surface area contributed by atoms with E-state index >= 15 is 0 Å². The zero-order chi connectivity index (χ0) is 21.8. The summed E-state index contributed by atoms with van der Waals surface area (Å²) in [7, 11) is 3.29. The minimum atomic E-state index is -0.0392. The molecule has 6 heteroatoms. The predicted molar refractivity (Wildman–Crippen MR) is 118 cm³/mol. The maximum atomic E-state index is 13.5. The fourth-order valence-corrected chi connectivity index (χ4v) is 4.84. The highest BCUT2D eigenvalue weighted by atomic mass is 16.5. The van der Waals surface area contributed by atoms with Crippen LogP contribution in [0.3, 0.4) is 0 Å². The first-order valence-electron chi connectivity index (χ1n) is 11.0. The van der Waals surface area contributed by atoms with Gasteiger partial charge in [-0.25, -0.2) is 0 Å². The third kappa shape index (κ3) is 4.68. The van der Waals surface area contributed by atoms with Gasteiger partial charge in [0, 0.05) is 12.8 Å². The number of nitrogens with zero attached hydrogens (tertiary/aromatic N) is 1. The molecule has 0 spiro atoms. The number of amides is 2. The molecule has 2 saturated heterocycles. The minimum absolute atomic E-state index is 0.00652. The van der Waals surface area contributed by atoms with Gasteiger partial charge in [-0.3, -0.25) is 9.59 Å². The van der Waals surface area contributed by atoms with Crippen molar-refractivity contribution >= 4 is 11.8 Å². The lowest BCUT2D eigenvalue weighted by Gasteiger charge is -2.31. The number of carbonyl (C=O) groups excluding carboxylic acids is 2. The number of hydrogen-bond acceptors (Lipinski definition) is 4. The summed E-state index contributed by atoms with van der Waals surface area (Å²) < 4.78 is 10.5. The number of carbonyl (C=O) groups is 2. The lowest BCUT2D eigenvalue weighted by atomic mass is 10.0. The summed E-state index contributed by atoms with van der Waals surface area (Å²) >= 11 is 0. The average molecular weight is 423 g/mol. The van der Waals surface area contributed by atoms with Crippen LogP contribution in [0.2, 0.25) is 0 Å². The maximum absolute atomic E-state index is 13.5. The summed E-state index contributed by atoms with van der Waals surface area (Å²) in [5, 5.41) is 3.16. The molecule has 2 aromatic rings. The molecule has 0 aliphatic carbocycles. The summed E-state index contributed by atoms with van der Waals surface area (Å²) in [4.78, 5) is 27.7. The third-order valence-electron chi connectivity index (χ3n) is 6.46. The first-order valence-corrected chi connectivity index (χ1v) is 11.0. The van der Waals surface area contributed by atoms with Crippen molar-refractivity contribution in [3.05, 3.63) is 59.7 Å². The molecule has 2 amide bonds. The van der Waals surface area contributed by atoms with Crippen LogP contribution in [0.1, 0.15) is 49.3 Å². The van der Waals surface area contributed by atoms with E-state index in [-0.39, 0.29) is 29.9 Å². The lowest BCUT2D eigenvalue weighted by molar-refractivity contribution is -0.134. The summed E-state index contributed by atoms with van der Waals surface area (Å²) in [5.74, 6) is 1.83. The summed E-state index contributed by atoms with van der Waals surface area (Å²) in [6.45, 7) is 0. The molecule has 0 unspecified atom stereocenters. The smallest absolute Gasteiger partial charge is 0.223 e. The first-order chi connectivity index (χ1) is 15.1. The van der Waals surface area contributed by atoms with E-state index in [2.05, 4.69) is 5.32 Å². The van der Waals surface area contributed by atoms with Crippen LogP contribution in [0.25, 0.3) is 0 Å². The normalized spacial score (nSPS) is 23.0. The van der Waals surface area contributed by atoms with Crippen LogP contribution < -0.4 is 14.8 Å². The topological polar surface area (TPSA) is 67.9 Å². The van der Waals surface area contributed by atoms with E-state index in [9.17, 15) is 9.59 Å². The monoisotopic (exact) mass is 422 g/mol. The van der Waals surface area contributed by atoms with Crippen molar-refractivity contribution in [3.63, 3.8) is 0 Å².